The summed E-state index contributed by atoms with van der Waals surface area (Å²) in [6.45, 7) is 9.46. The second kappa shape index (κ2) is 12.0. The van der Waals surface area contributed by atoms with Gasteiger partial charge >= 0.3 is 0 Å². The van der Waals surface area contributed by atoms with Gasteiger partial charge in [-0.15, -0.1) is 12.4 Å². The molecule has 178 valence electrons. The number of halogens is 2. The molecule has 2 aromatic carbocycles. The molecule has 4 rings (SSSR count). The molecule has 3 aromatic rings. The Morgan fingerprint density at radius 2 is 1.97 bits per heavy atom. The number of morpholine rings is 1. The Hall–Kier alpha value is -1.90. The molecule has 0 bridgehead atoms. The molecule has 0 unspecified atom stereocenters. The molecule has 0 N–H and O–H groups in total. The molecule has 1 fully saturated rings. The van der Waals surface area contributed by atoms with Gasteiger partial charge in [-0.3, -0.25) is 14.6 Å². The number of carbonyl (C=O) groups excluding carboxylic acids is 1. The van der Waals surface area contributed by atoms with Crippen molar-refractivity contribution in [2.45, 2.75) is 20.3 Å². The third-order valence-electron chi connectivity index (χ3n) is 5.49. The lowest BCUT2D eigenvalue weighted by Crippen LogP contribution is -2.39. The van der Waals surface area contributed by atoms with Crippen molar-refractivity contribution < 1.29 is 14.3 Å². The summed E-state index contributed by atoms with van der Waals surface area (Å²) in [5.41, 5.74) is 2.53. The SMILES string of the molecule is CCOc1ccc(C(=O)N(CCCN2CCOCC2)c2nc3c(C)cc(Cl)cc3s2)cc1.Cl. The fourth-order valence-electron chi connectivity index (χ4n) is 3.84. The van der Waals surface area contributed by atoms with Gasteiger partial charge in [0.2, 0.25) is 0 Å². The highest BCUT2D eigenvalue weighted by Gasteiger charge is 2.22. The first-order valence-corrected chi connectivity index (χ1v) is 12.2. The van der Waals surface area contributed by atoms with E-state index >= 15 is 0 Å². The molecular formula is C24H29Cl2N3O3S. The summed E-state index contributed by atoms with van der Waals surface area (Å²) < 4.78 is 11.9. The number of aryl methyl sites for hydroxylation is 1. The van der Waals surface area contributed by atoms with E-state index in [4.69, 9.17) is 26.1 Å². The van der Waals surface area contributed by atoms with Crippen LogP contribution in [0.4, 0.5) is 5.13 Å². The number of carbonyl (C=O) groups is 1. The minimum Gasteiger partial charge on any atom is -0.494 e. The number of amides is 1. The van der Waals surface area contributed by atoms with Gasteiger partial charge in [-0.2, -0.15) is 0 Å². The molecule has 0 spiro atoms. The Morgan fingerprint density at radius 3 is 2.67 bits per heavy atom. The molecule has 0 saturated carbocycles. The average Bonchev–Trinajstić information content (AvgIpc) is 3.22. The number of anilines is 1. The van der Waals surface area contributed by atoms with Crippen LogP contribution in [0.25, 0.3) is 10.2 Å². The normalized spacial score (nSPS) is 14.2. The monoisotopic (exact) mass is 509 g/mol. The number of ether oxygens (including phenoxy) is 2. The summed E-state index contributed by atoms with van der Waals surface area (Å²) in [5.74, 6) is 0.700. The van der Waals surface area contributed by atoms with Gasteiger partial charge in [0.1, 0.15) is 5.75 Å². The number of thiazole rings is 1. The quantitative estimate of drug-likeness (QED) is 0.404. The van der Waals surface area contributed by atoms with Crippen molar-refractivity contribution in [3.63, 3.8) is 0 Å². The molecular weight excluding hydrogens is 481 g/mol. The lowest BCUT2D eigenvalue weighted by Gasteiger charge is -2.27. The van der Waals surface area contributed by atoms with Crippen LogP contribution < -0.4 is 9.64 Å². The summed E-state index contributed by atoms with van der Waals surface area (Å²) in [6.07, 6.45) is 0.860. The van der Waals surface area contributed by atoms with Gasteiger partial charge < -0.3 is 9.47 Å². The third-order valence-corrected chi connectivity index (χ3v) is 6.73. The maximum atomic E-state index is 13.5. The van der Waals surface area contributed by atoms with E-state index in [9.17, 15) is 4.79 Å². The van der Waals surface area contributed by atoms with Crippen LogP contribution in [0.3, 0.4) is 0 Å². The Morgan fingerprint density at radius 1 is 1.24 bits per heavy atom. The van der Waals surface area contributed by atoms with Crippen LogP contribution in [0.2, 0.25) is 5.02 Å². The van der Waals surface area contributed by atoms with E-state index in [1.807, 2.05) is 50.2 Å². The minimum atomic E-state index is -0.0576. The first kappa shape index (κ1) is 25.7. The highest BCUT2D eigenvalue weighted by atomic mass is 35.5. The van der Waals surface area contributed by atoms with Crippen molar-refractivity contribution in [3.8, 4) is 5.75 Å². The molecule has 0 radical (unpaired) electrons. The van der Waals surface area contributed by atoms with Crippen molar-refractivity contribution in [1.82, 2.24) is 9.88 Å². The standard InChI is InChI=1S/C24H28ClN3O3S.ClH/c1-3-31-20-7-5-18(6-8-20)23(29)28(10-4-9-27-11-13-30-14-12-27)24-26-22-17(2)15-19(25)16-21(22)32-24;/h5-8,15-16H,3-4,9-14H2,1-2H3;1H. The highest BCUT2D eigenvalue weighted by Crippen LogP contribution is 2.34. The van der Waals surface area contributed by atoms with E-state index in [0.717, 1.165) is 60.8 Å². The Bertz CT molecular complexity index is 1070. The predicted molar refractivity (Wildman–Crippen MR) is 138 cm³/mol. The predicted octanol–water partition coefficient (Wildman–Crippen LogP) is 5.45. The zero-order chi connectivity index (χ0) is 22.5. The number of hydrogen-bond donors (Lipinski definition) is 0. The molecule has 1 aliphatic rings. The second-order valence-electron chi connectivity index (χ2n) is 7.79. The smallest absolute Gasteiger partial charge is 0.260 e. The average molecular weight is 510 g/mol. The lowest BCUT2D eigenvalue weighted by molar-refractivity contribution is 0.0376. The van der Waals surface area contributed by atoms with E-state index in [-0.39, 0.29) is 18.3 Å². The molecule has 1 aliphatic heterocycles. The highest BCUT2D eigenvalue weighted by molar-refractivity contribution is 7.22. The van der Waals surface area contributed by atoms with Crippen LogP contribution in [0.15, 0.2) is 36.4 Å². The maximum absolute atomic E-state index is 13.5. The van der Waals surface area contributed by atoms with Crippen LogP contribution in [-0.4, -0.2) is 61.8 Å². The Labute approximate surface area is 209 Å². The van der Waals surface area contributed by atoms with Crippen molar-refractivity contribution in [3.05, 3.63) is 52.5 Å². The number of fused-ring (bicyclic) bond motifs is 1. The Kier molecular flexibility index (Phi) is 9.35. The van der Waals surface area contributed by atoms with Crippen molar-refractivity contribution in [1.29, 1.82) is 0 Å². The lowest BCUT2D eigenvalue weighted by atomic mass is 10.2. The molecule has 0 aliphatic carbocycles. The van der Waals surface area contributed by atoms with Gasteiger partial charge in [0.25, 0.3) is 5.91 Å². The van der Waals surface area contributed by atoms with Gasteiger partial charge in [0.05, 0.1) is 30.0 Å². The number of benzene rings is 2. The van der Waals surface area contributed by atoms with Gasteiger partial charge in [0, 0.05) is 36.8 Å². The summed E-state index contributed by atoms with van der Waals surface area (Å²) in [7, 11) is 0. The summed E-state index contributed by atoms with van der Waals surface area (Å²) in [5, 5.41) is 1.38. The minimum absolute atomic E-state index is 0. The van der Waals surface area contributed by atoms with Crippen molar-refractivity contribution in [2.24, 2.45) is 0 Å². The molecule has 1 saturated heterocycles. The van der Waals surface area contributed by atoms with Crippen LogP contribution in [0, 0.1) is 6.92 Å². The molecule has 33 heavy (non-hydrogen) atoms. The van der Waals surface area contributed by atoms with Gasteiger partial charge in [0.15, 0.2) is 5.13 Å². The van der Waals surface area contributed by atoms with E-state index in [1.54, 1.807) is 4.90 Å². The number of nitrogens with zero attached hydrogens (tertiary/aromatic N) is 3. The number of aromatic nitrogens is 1. The zero-order valence-electron chi connectivity index (χ0n) is 18.9. The van der Waals surface area contributed by atoms with E-state index in [0.29, 0.717) is 28.9 Å². The molecule has 6 nitrogen and oxygen atoms in total. The van der Waals surface area contributed by atoms with Gasteiger partial charge in [-0.05, 0) is 62.2 Å². The van der Waals surface area contributed by atoms with Crippen LogP contribution >= 0.6 is 35.3 Å². The van der Waals surface area contributed by atoms with Gasteiger partial charge in [-0.1, -0.05) is 22.9 Å². The van der Waals surface area contributed by atoms with Crippen molar-refractivity contribution >= 4 is 56.6 Å². The zero-order valence-corrected chi connectivity index (χ0v) is 21.3. The van der Waals surface area contributed by atoms with Crippen LogP contribution in [-0.2, 0) is 4.74 Å². The third kappa shape index (κ3) is 6.37. The van der Waals surface area contributed by atoms with E-state index in [2.05, 4.69) is 4.90 Å². The summed E-state index contributed by atoms with van der Waals surface area (Å²) in [6, 6.07) is 11.1. The van der Waals surface area contributed by atoms with E-state index in [1.165, 1.54) is 11.3 Å². The molecule has 0 atom stereocenters. The largest absolute Gasteiger partial charge is 0.494 e. The number of rotatable bonds is 8. The fourth-order valence-corrected chi connectivity index (χ4v) is 5.28. The Balaban J connectivity index is 0.00000306. The van der Waals surface area contributed by atoms with Crippen LogP contribution in [0.5, 0.6) is 5.75 Å². The maximum Gasteiger partial charge on any atom is 0.260 e. The summed E-state index contributed by atoms with van der Waals surface area (Å²) in [4.78, 5) is 22.5. The van der Waals surface area contributed by atoms with E-state index < -0.39 is 0 Å². The van der Waals surface area contributed by atoms with Crippen molar-refractivity contribution in [2.75, 3.05) is 50.9 Å². The molecule has 1 amide bonds. The first-order chi connectivity index (χ1) is 15.5. The molecule has 1 aromatic heterocycles. The first-order valence-electron chi connectivity index (χ1n) is 11.0. The van der Waals surface area contributed by atoms with Crippen LogP contribution in [0.1, 0.15) is 29.3 Å². The molecule has 9 heteroatoms. The second-order valence-corrected chi connectivity index (χ2v) is 9.23. The fraction of sp³-hybridized carbons (Fsp3) is 0.417. The van der Waals surface area contributed by atoms with Gasteiger partial charge in [-0.25, -0.2) is 4.98 Å². The number of hydrogen-bond acceptors (Lipinski definition) is 6. The topological polar surface area (TPSA) is 54.9 Å². The summed E-state index contributed by atoms with van der Waals surface area (Å²) >= 11 is 7.76. The molecule has 2 heterocycles.